The summed E-state index contributed by atoms with van der Waals surface area (Å²) in [4.78, 5) is 4.97. The fourth-order valence-corrected chi connectivity index (χ4v) is 3.51. The Hall–Kier alpha value is -0.950. The molecule has 138 valence electrons. The molecule has 0 aliphatic carbocycles. The molecule has 0 spiro atoms. The van der Waals surface area contributed by atoms with Crippen molar-refractivity contribution in [3.63, 3.8) is 0 Å². The molecule has 0 saturated carbocycles. The Morgan fingerprint density at radius 2 is 1.73 bits per heavy atom. The summed E-state index contributed by atoms with van der Waals surface area (Å²) < 4.78 is 42.8. The van der Waals surface area contributed by atoms with Crippen molar-refractivity contribution in [3.8, 4) is 0 Å². The van der Waals surface area contributed by atoms with Gasteiger partial charge in [0.1, 0.15) is 0 Å². The molecule has 0 amide bonds. The quantitative estimate of drug-likeness (QED) is 0.408. The highest BCUT2D eigenvalue weighted by Gasteiger charge is 2.62. The zero-order valence-electron chi connectivity index (χ0n) is 13.1. The van der Waals surface area contributed by atoms with E-state index in [2.05, 4.69) is 21.1 Å². The van der Waals surface area contributed by atoms with E-state index < -0.39 is 18.2 Å². The third-order valence-electron chi connectivity index (χ3n) is 4.13. The lowest BCUT2D eigenvalue weighted by atomic mass is 9.86. The van der Waals surface area contributed by atoms with Crippen molar-refractivity contribution in [1.82, 2.24) is 0 Å². The van der Waals surface area contributed by atoms with Gasteiger partial charge in [0.05, 0.1) is 20.8 Å². The first kappa shape index (κ1) is 19.8. The average molecular weight is 488 g/mol. The minimum atomic E-state index is -4.75. The van der Waals surface area contributed by atoms with E-state index in [1.807, 2.05) is 6.92 Å². The molecule has 9 heteroatoms. The summed E-state index contributed by atoms with van der Waals surface area (Å²) >= 11 is 21.1. The summed E-state index contributed by atoms with van der Waals surface area (Å²) in [5, 5.41) is 3.52. The number of nitrogens with zero attached hydrogens (tertiary/aromatic N) is 1. The predicted octanol–water partition coefficient (Wildman–Crippen LogP) is 7.30. The second-order valence-corrected chi connectivity index (χ2v) is 7.90. The van der Waals surface area contributed by atoms with Crippen LogP contribution in [-0.4, -0.2) is 11.9 Å². The minimum Gasteiger partial charge on any atom is -0.374 e. The van der Waals surface area contributed by atoms with Crippen LogP contribution in [0.3, 0.4) is 0 Å². The number of benzene rings is 2. The van der Waals surface area contributed by atoms with Gasteiger partial charge in [-0.25, -0.2) is 0 Å². The Morgan fingerprint density at radius 3 is 2.27 bits per heavy atom. The van der Waals surface area contributed by atoms with E-state index in [9.17, 15) is 13.2 Å². The van der Waals surface area contributed by atoms with Gasteiger partial charge >= 0.3 is 6.18 Å². The molecule has 2 nitrogen and oxygen atoms in total. The predicted molar refractivity (Wildman–Crippen MR) is 100 cm³/mol. The third kappa shape index (κ3) is 3.33. The second kappa shape index (κ2) is 6.89. The minimum absolute atomic E-state index is 0.0166. The number of halogens is 7. The van der Waals surface area contributed by atoms with Gasteiger partial charge in [-0.2, -0.15) is 13.2 Å². The van der Waals surface area contributed by atoms with E-state index >= 15 is 0 Å². The summed E-state index contributed by atoms with van der Waals surface area (Å²) in [6.07, 6.45) is -5.25. The van der Waals surface area contributed by atoms with Gasteiger partial charge in [0.15, 0.2) is 0 Å². The van der Waals surface area contributed by atoms with Crippen molar-refractivity contribution >= 4 is 56.4 Å². The molecule has 0 aromatic heterocycles. The molecule has 0 saturated heterocycles. The van der Waals surface area contributed by atoms with Gasteiger partial charge in [-0.15, -0.1) is 0 Å². The topological polar surface area (TPSA) is 21.6 Å². The summed E-state index contributed by atoms with van der Waals surface area (Å²) in [5.74, 6) is 0. The van der Waals surface area contributed by atoms with Gasteiger partial charge in [-0.3, -0.25) is 0 Å². The lowest BCUT2D eigenvalue weighted by Gasteiger charge is -2.30. The Labute approximate surface area is 171 Å². The Kier molecular flexibility index (Phi) is 5.25. The molecular formula is C17H10BrCl3F3NO. The summed E-state index contributed by atoms with van der Waals surface area (Å²) in [6.45, 7) is 1.83. The van der Waals surface area contributed by atoms with Crippen LogP contribution in [0.5, 0.6) is 0 Å². The number of alkyl halides is 3. The highest BCUT2D eigenvalue weighted by atomic mass is 79.9. The van der Waals surface area contributed by atoms with Crippen LogP contribution < -0.4 is 0 Å². The molecule has 2 aromatic rings. The van der Waals surface area contributed by atoms with E-state index in [0.717, 1.165) is 22.2 Å². The molecule has 1 aliphatic heterocycles. The number of hydrogen-bond acceptors (Lipinski definition) is 2. The normalized spacial score (nSPS) is 20.1. The molecule has 26 heavy (non-hydrogen) atoms. The lowest BCUT2D eigenvalue weighted by molar-refractivity contribution is -0.275. The highest BCUT2D eigenvalue weighted by Crippen LogP contribution is 2.50. The van der Waals surface area contributed by atoms with E-state index in [-0.39, 0.29) is 26.3 Å². The van der Waals surface area contributed by atoms with Crippen molar-refractivity contribution < 1.29 is 18.0 Å². The average Bonchev–Trinajstić information content (AvgIpc) is 3.01. The molecule has 1 aliphatic rings. The van der Waals surface area contributed by atoms with Crippen LogP contribution in [-0.2, 0) is 10.4 Å². The van der Waals surface area contributed by atoms with Crippen LogP contribution in [0.25, 0.3) is 0 Å². The van der Waals surface area contributed by atoms with Crippen LogP contribution in [0.4, 0.5) is 13.2 Å². The summed E-state index contributed by atoms with van der Waals surface area (Å²) in [6, 6.07) is 7.37. The van der Waals surface area contributed by atoms with Crippen molar-refractivity contribution in [1.29, 1.82) is 0 Å². The smallest absolute Gasteiger partial charge is 0.374 e. The molecular weight excluding hydrogens is 477 g/mol. The molecule has 1 unspecified atom stereocenters. The van der Waals surface area contributed by atoms with Crippen molar-refractivity contribution in [2.45, 2.75) is 25.1 Å². The van der Waals surface area contributed by atoms with Gasteiger partial charge in [0.25, 0.3) is 5.60 Å². The maximum atomic E-state index is 14.0. The largest absolute Gasteiger partial charge is 0.435 e. The third-order valence-corrected chi connectivity index (χ3v) is 6.21. The van der Waals surface area contributed by atoms with E-state index in [0.29, 0.717) is 5.56 Å². The fourth-order valence-electron chi connectivity index (χ4n) is 2.67. The maximum Gasteiger partial charge on any atom is 0.435 e. The SMILES string of the molecule is Cc1cc(C2=NOC(c3cc(Cl)c(Cl)c(Cl)c3)(C(F)(F)F)C2)ccc1Br. The van der Waals surface area contributed by atoms with Crippen molar-refractivity contribution in [2.24, 2.45) is 5.16 Å². The zero-order valence-corrected chi connectivity index (χ0v) is 16.9. The van der Waals surface area contributed by atoms with Gasteiger partial charge < -0.3 is 4.84 Å². The molecule has 0 radical (unpaired) electrons. The molecule has 0 N–H and O–H groups in total. The molecule has 1 atom stereocenters. The van der Waals surface area contributed by atoms with Gasteiger partial charge in [0, 0.05) is 16.5 Å². The first-order valence-corrected chi connectivity index (χ1v) is 9.21. The summed E-state index contributed by atoms with van der Waals surface area (Å²) in [5.41, 5.74) is -1.34. The van der Waals surface area contributed by atoms with Crippen LogP contribution >= 0.6 is 50.7 Å². The van der Waals surface area contributed by atoms with Crippen molar-refractivity contribution in [3.05, 3.63) is 66.6 Å². The maximum absolute atomic E-state index is 14.0. The Morgan fingerprint density at radius 1 is 1.12 bits per heavy atom. The molecule has 0 fully saturated rings. The molecule has 0 bridgehead atoms. The molecule has 1 heterocycles. The number of oxime groups is 1. The first-order valence-electron chi connectivity index (χ1n) is 7.28. The molecule has 3 rings (SSSR count). The summed E-state index contributed by atoms with van der Waals surface area (Å²) in [7, 11) is 0. The van der Waals surface area contributed by atoms with Crippen LogP contribution in [0.2, 0.25) is 15.1 Å². The van der Waals surface area contributed by atoms with Crippen LogP contribution in [0.1, 0.15) is 23.1 Å². The number of hydrogen-bond donors (Lipinski definition) is 0. The van der Waals surface area contributed by atoms with Gasteiger partial charge in [0.2, 0.25) is 0 Å². The van der Waals surface area contributed by atoms with Crippen LogP contribution in [0.15, 0.2) is 40.0 Å². The van der Waals surface area contributed by atoms with Crippen LogP contribution in [0, 0.1) is 6.92 Å². The van der Waals surface area contributed by atoms with Gasteiger partial charge in [-0.05, 0) is 42.3 Å². The monoisotopic (exact) mass is 485 g/mol. The number of aryl methyl sites for hydroxylation is 1. The van der Waals surface area contributed by atoms with E-state index in [4.69, 9.17) is 39.6 Å². The number of rotatable bonds is 2. The lowest BCUT2D eigenvalue weighted by Crippen LogP contribution is -2.42. The van der Waals surface area contributed by atoms with E-state index in [1.54, 1.807) is 18.2 Å². The molecule has 2 aromatic carbocycles. The van der Waals surface area contributed by atoms with Crippen molar-refractivity contribution in [2.75, 3.05) is 0 Å². The Bertz CT molecular complexity index is 894. The second-order valence-electron chi connectivity index (χ2n) is 5.85. The van der Waals surface area contributed by atoms with Gasteiger partial charge in [-0.1, -0.05) is 62.0 Å². The van der Waals surface area contributed by atoms with E-state index in [1.165, 1.54) is 0 Å². The highest BCUT2D eigenvalue weighted by molar-refractivity contribution is 9.10. The standard InChI is InChI=1S/C17H10BrCl3F3NO/c1-8-4-9(2-3-11(8)18)14-7-16(26-25-14,17(22,23)24)10-5-12(19)15(21)13(20)6-10/h2-6H,7H2,1H3. The zero-order chi connectivity index (χ0) is 19.3. The fraction of sp³-hybridized carbons (Fsp3) is 0.235. The first-order chi connectivity index (χ1) is 12.0. The Balaban J connectivity index is 2.06.